The normalized spacial score (nSPS) is 12.7. The van der Waals surface area contributed by atoms with E-state index in [0.717, 1.165) is 22.6 Å². The fourth-order valence-electron chi connectivity index (χ4n) is 3.19. The molecule has 2 nitrogen and oxygen atoms in total. The highest BCUT2D eigenvalue weighted by atomic mass is 16.5. The lowest BCUT2D eigenvalue weighted by molar-refractivity contribution is 0.0524. The third kappa shape index (κ3) is 4.41. The van der Waals surface area contributed by atoms with Crippen molar-refractivity contribution in [3.63, 3.8) is 0 Å². The predicted molar refractivity (Wildman–Crippen MR) is 113 cm³/mol. The van der Waals surface area contributed by atoms with Crippen LogP contribution in [0.5, 0.6) is 11.5 Å². The zero-order chi connectivity index (χ0) is 19.0. The van der Waals surface area contributed by atoms with Crippen molar-refractivity contribution in [1.82, 2.24) is 0 Å². The SMILES string of the molecule is c1ccc(O[C@H](c2ccccc2)[C@H](Oc2ccccc2)c2ccccc2)cc1. The number of hydrogen-bond donors (Lipinski definition) is 0. The Kier molecular flexibility index (Phi) is 5.69. The molecule has 0 amide bonds. The Morgan fingerprint density at radius 2 is 0.643 bits per heavy atom. The Balaban J connectivity index is 1.76. The van der Waals surface area contributed by atoms with Crippen LogP contribution in [0.2, 0.25) is 0 Å². The van der Waals surface area contributed by atoms with Crippen molar-refractivity contribution in [1.29, 1.82) is 0 Å². The zero-order valence-electron chi connectivity index (χ0n) is 15.5. The van der Waals surface area contributed by atoms with E-state index in [1.807, 2.05) is 97.1 Å². The molecule has 4 aromatic carbocycles. The van der Waals surface area contributed by atoms with Crippen molar-refractivity contribution in [3.8, 4) is 11.5 Å². The van der Waals surface area contributed by atoms with Crippen molar-refractivity contribution in [3.05, 3.63) is 132 Å². The molecule has 0 aliphatic heterocycles. The van der Waals surface area contributed by atoms with E-state index in [4.69, 9.17) is 9.47 Å². The molecule has 0 aromatic heterocycles. The fraction of sp³-hybridized carbons (Fsp3) is 0.0769. The van der Waals surface area contributed by atoms with Crippen LogP contribution in [-0.2, 0) is 0 Å². The maximum Gasteiger partial charge on any atom is 0.165 e. The van der Waals surface area contributed by atoms with Gasteiger partial charge >= 0.3 is 0 Å². The summed E-state index contributed by atoms with van der Waals surface area (Å²) < 4.78 is 12.9. The van der Waals surface area contributed by atoms with Gasteiger partial charge in [-0.25, -0.2) is 0 Å². The lowest BCUT2D eigenvalue weighted by atomic mass is 9.97. The highest BCUT2D eigenvalue weighted by Crippen LogP contribution is 2.37. The average Bonchev–Trinajstić information content (AvgIpc) is 2.79. The van der Waals surface area contributed by atoms with Crippen LogP contribution in [-0.4, -0.2) is 0 Å². The molecule has 0 aliphatic carbocycles. The second-order valence-corrected chi connectivity index (χ2v) is 6.52. The second-order valence-electron chi connectivity index (χ2n) is 6.52. The molecule has 0 heterocycles. The van der Waals surface area contributed by atoms with E-state index in [-0.39, 0.29) is 12.2 Å². The van der Waals surface area contributed by atoms with Gasteiger partial charge in [0, 0.05) is 0 Å². The van der Waals surface area contributed by atoms with Crippen molar-refractivity contribution in [2.45, 2.75) is 12.2 Å². The van der Waals surface area contributed by atoms with Gasteiger partial charge in [0.1, 0.15) is 11.5 Å². The van der Waals surface area contributed by atoms with Gasteiger partial charge in [-0.15, -0.1) is 0 Å². The van der Waals surface area contributed by atoms with E-state index >= 15 is 0 Å². The number of rotatable bonds is 7. The number of benzene rings is 4. The van der Waals surface area contributed by atoms with Crippen LogP contribution in [0.3, 0.4) is 0 Å². The lowest BCUT2D eigenvalue weighted by Gasteiger charge is -2.29. The summed E-state index contributed by atoms with van der Waals surface area (Å²) in [6.07, 6.45) is -0.600. The molecule has 0 unspecified atom stereocenters. The molecule has 28 heavy (non-hydrogen) atoms. The van der Waals surface area contributed by atoms with Crippen LogP contribution >= 0.6 is 0 Å². The molecular formula is C26H22O2. The van der Waals surface area contributed by atoms with Crippen molar-refractivity contribution >= 4 is 0 Å². The minimum absolute atomic E-state index is 0.300. The molecule has 2 atom stereocenters. The Labute approximate surface area is 166 Å². The summed E-state index contributed by atoms with van der Waals surface area (Å²) in [7, 11) is 0. The van der Waals surface area contributed by atoms with Gasteiger partial charge in [-0.2, -0.15) is 0 Å². The second kappa shape index (κ2) is 8.92. The summed E-state index contributed by atoms with van der Waals surface area (Å²) in [5.41, 5.74) is 2.13. The molecule has 0 saturated carbocycles. The first kappa shape index (κ1) is 17.9. The summed E-state index contributed by atoms with van der Waals surface area (Å²) in [5, 5.41) is 0. The van der Waals surface area contributed by atoms with E-state index in [1.165, 1.54) is 0 Å². The summed E-state index contributed by atoms with van der Waals surface area (Å²) in [4.78, 5) is 0. The van der Waals surface area contributed by atoms with E-state index < -0.39 is 0 Å². The van der Waals surface area contributed by atoms with Crippen molar-refractivity contribution in [2.24, 2.45) is 0 Å². The summed E-state index contributed by atoms with van der Waals surface area (Å²) in [6, 6.07) is 40.2. The van der Waals surface area contributed by atoms with Crippen LogP contribution in [0.25, 0.3) is 0 Å². The van der Waals surface area contributed by atoms with Gasteiger partial charge < -0.3 is 9.47 Å². The van der Waals surface area contributed by atoms with Crippen LogP contribution in [0.1, 0.15) is 23.3 Å². The molecule has 138 valence electrons. The molecular weight excluding hydrogens is 344 g/mol. The molecule has 4 aromatic rings. The molecule has 2 heteroatoms. The highest BCUT2D eigenvalue weighted by Gasteiger charge is 2.29. The van der Waals surface area contributed by atoms with Crippen LogP contribution in [0.15, 0.2) is 121 Å². The van der Waals surface area contributed by atoms with Gasteiger partial charge in [0.25, 0.3) is 0 Å². The van der Waals surface area contributed by atoms with Gasteiger partial charge in [-0.3, -0.25) is 0 Å². The van der Waals surface area contributed by atoms with Gasteiger partial charge in [0.15, 0.2) is 12.2 Å². The average molecular weight is 366 g/mol. The first-order valence-electron chi connectivity index (χ1n) is 9.43. The summed E-state index contributed by atoms with van der Waals surface area (Å²) in [5.74, 6) is 1.63. The van der Waals surface area contributed by atoms with Crippen LogP contribution in [0.4, 0.5) is 0 Å². The van der Waals surface area contributed by atoms with Crippen LogP contribution in [0, 0.1) is 0 Å². The largest absolute Gasteiger partial charge is 0.481 e. The molecule has 0 radical (unpaired) electrons. The predicted octanol–water partition coefficient (Wildman–Crippen LogP) is 6.63. The first-order valence-corrected chi connectivity index (χ1v) is 9.43. The fourth-order valence-corrected chi connectivity index (χ4v) is 3.19. The number of ether oxygens (including phenoxy) is 2. The number of para-hydroxylation sites is 2. The van der Waals surface area contributed by atoms with Crippen molar-refractivity contribution in [2.75, 3.05) is 0 Å². The quantitative estimate of drug-likeness (QED) is 0.365. The van der Waals surface area contributed by atoms with Crippen molar-refractivity contribution < 1.29 is 9.47 Å². The number of hydrogen-bond acceptors (Lipinski definition) is 2. The van der Waals surface area contributed by atoms with Gasteiger partial charge in [0.05, 0.1) is 0 Å². The molecule has 0 bridgehead atoms. The zero-order valence-corrected chi connectivity index (χ0v) is 15.5. The highest BCUT2D eigenvalue weighted by molar-refractivity contribution is 5.31. The maximum absolute atomic E-state index is 6.46. The molecule has 0 fully saturated rings. The van der Waals surface area contributed by atoms with Gasteiger partial charge in [-0.1, -0.05) is 97.1 Å². The van der Waals surface area contributed by atoms with Gasteiger partial charge in [-0.05, 0) is 35.4 Å². The van der Waals surface area contributed by atoms with Crippen LogP contribution < -0.4 is 9.47 Å². The summed E-state index contributed by atoms with van der Waals surface area (Å²) >= 11 is 0. The first-order chi connectivity index (χ1) is 13.9. The minimum atomic E-state index is -0.300. The maximum atomic E-state index is 6.46. The third-order valence-corrected chi connectivity index (χ3v) is 4.54. The third-order valence-electron chi connectivity index (χ3n) is 4.54. The van der Waals surface area contributed by atoms with E-state index in [0.29, 0.717) is 0 Å². The smallest absolute Gasteiger partial charge is 0.165 e. The van der Waals surface area contributed by atoms with E-state index in [1.54, 1.807) is 0 Å². The molecule has 0 spiro atoms. The minimum Gasteiger partial charge on any atom is -0.481 e. The molecule has 0 saturated heterocycles. The monoisotopic (exact) mass is 366 g/mol. The lowest BCUT2D eigenvalue weighted by Crippen LogP contribution is -2.22. The van der Waals surface area contributed by atoms with Gasteiger partial charge in [0.2, 0.25) is 0 Å². The Morgan fingerprint density at radius 1 is 0.357 bits per heavy atom. The topological polar surface area (TPSA) is 18.5 Å². The standard InChI is InChI=1S/C26H22O2/c1-5-13-21(14-6-1)25(27-23-17-9-3-10-18-23)26(22-15-7-2-8-16-22)28-24-19-11-4-12-20-24/h1-20,25-26H/t25-,26-/m1/s1. The Hall–Kier alpha value is -3.52. The Bertz CT molecular complexity index is 871. The molecule has 4 rings (SSSR count). The van der Waals surface area contributed by atoms with E-state index in [9.17, 15) is 0 Å². The molecule has 0 N–H and O–H groups in total. The molecule has 0 aliphatic rings. The Morgan fingerprint density at radius 3 is 0.964 bits per heavy atom. The van der Waals surface area contributed by atoms with E-state index in [2.05, 4.69) is 24.3 Å². The summed E-state index contributed by atoms with van der Waals surface area (Å²) in [6.45, 7) is 0.